The standard InChI is InChI=1S/C24H37N5O3S/c1-8-18-11-10-12-20(18)23(17(5)19(9-2)15-21(25-6)32-7)26-24(30)28-33(31)22-13-14-29(27-22)16(3)4/h13-16H,8-12H2,1-7H3,(H2,26,28,30)/b19-15+,23-17-,25-21?. The number of urea groups is 1. The van der Waals surface area contributed by atoms with E-state index in [1.165, 1.54) is 5.57 Å². The summed E-state index contributed by atoms with van der Waals surface area (Å²) in [5.41, 5.74) is 5.23. The van der Waals surface area contributed by atoms with Crippen molar-refractivity contribution in [1.82, 2.24) is 19.8 Å². The number of ether oxygens (including phenoxy) is 1. The molecule has 1 atom stereocenters. The van der Waals surface area contributed by atoms with Crippen LogP contribution in [0.1, 0.15) is 72.8 Å². The normalized spacial score (nSPS) is 16.7. The van der Waals surface area contributed by atoms with Gasteiger partial charge in [-0.25, -0.2) is 9.00 Å². The van der Waals surface area contributed by atoms with Crippen LogP contribution in [0.4, 0.5) is 4.79 Å². The van der Waals surface area contributed by atoms with Crippen molar-refractivity contribution in [2.75, 3.05) is 14.2 Å². The minimum absolute atomic E-state index is 0.145. The zero-order valence-corrected chi connectivity index (χ0v) is 21.6. The molecule has 182 valence electrons. The van der Waals surface area contributed by atoms with Crippen molar-refractivity contribution < 1.29 is 13.7 Å². The highest BCUT2D eigenvalue weighted by Gasteiger charge is 2.22. The van der Waals surface area contributed by atoms with Gasteiger partial charge in [0.15, 0.2) is 16.0 Å². The Morgan fingerprint density at radius 3 is 2.64 bits per heavy atom. The average molecular weight is 476 g/mol. The first-order valence-corrected chi connectivity index (χ1v) is 12.6. The van der Waals surface area contributed by atoms with Crippen molar-refractivity contribution in [1.29, 1.82) is 0 Å². The summed E-state index contributed by atoms with van der Waals surface area (Å²) >= 11 is 0. The summed E-state index contributed by atoms with van der Waals surface area (Å²) in [5, 5.41) is 7.60. The largest absolute Gasteiger partial charge is 0.481 e. The van der Waals surface area contributed by atoms with Crippen LogP contribution < -0.4 is 10.0 Å². The van der Waals surface area contributed by atoms with Crippen LogP contribution in [-0.4, -0.2) is 40.1 Å². The monoisotopic (exact) mass is 475 g/mol. The Kier molecular flexibility index (Phi) is 10.1. The van der Waals surface area contributed by atoms with E-state index in [0.29, 0.717) is 10.9 Å². The van der Waals surface area contributed by atoms with Gasteiger partial charge >= 0.3 is 6.03 Å². The maximum Gasteiger partial charge on any atom is 0.331 e. The van der Waals surface area contributed by atoms with Crippen LogP contribution in [0.2, 0.25) is 0 Å². The molecule has 8 nitrogen and oxygen atoms in total. The van der Waals surface area contributed by atoms with Gasteiger partial charge in [0.1, 0.15) is 0 Å². The van der Waals surface area contributed by atoms with E-state index in [0.717, 1.165) is 54.5 Å². The van der Waals surface area contributed by atoms with Crippen molar-refractivity contribution in [3.8, 4) is 0 Å². The van der Waals surface area contributed by atoms with E-state index in [2.05, 4.69) is 34.0 Å². The van der Waals surface area contributed by atoms with Crippen LogP contribution in [0.15, 0.2) is 56.3 Å². The molecule has 0 bridgehead atoms. The smallest absolute Gasteiger partial charge is 0.331 e. The van der Waals surface area contributed by atoms with Gasteiger partial charge in [-0.1, -0.05) is 19.4 Å². The molecule has 9 heteroatoms. The van der Waals surface area contributed by atoms with E-state index >= 15 is 0 Å². The van der Waals surface area contributed by atoms with Gasteiger partial charge in [-0.3, -0.25) is 14.4 Å². The fourth-order valence-corrected chi connectivity index (χ4v) is 4.55. The third-order valence-corrected chi connectivity index (χ3v) is 6.72. The lowest BCUT2D eigenvalue weighted by atomic mass is 9.96. The molecule has 1 aromatic rings. The first kappa shape index (κ1) is 26.6. The van der Waals surface area contributed by atoms with Gasteiger partial charge < -0.3 is 10.1 Å². The lowest BCUT2D eigenvalue weighted by Crippen LogP contribution is -2.37. The molecule has 1 aromatic heterocycles. The van der Waals surface area contributed by atoms with Gasteiger partial charge in [0.05, 0.1) is 7.11 Å². The van der Waals surface area contributed by atoms with E-state index in [1.54, 1.807) is 31.1 Å². The van der Waals surface area contributed by atoms with Crippen LogP contribution in [0, 0.1) is 0 Å². The van der Waals surface area contributed by atoms with E-state index < -0.39 is 17.0 Å². The molecule has 2 rings (SSSR count). The quantitative estimate of drug-likeness (QED) is 0.300. The number of carbonyl (C=O) groups excluding carboxylic acids is 1. The molecule has 0 aliphatic heterocycles. The average Bonchev–Trinajstić information content (AvgIpc) is 3.47. The number of aromatic nitrogens is 2. The molecule has 1 aliphatic carbocycles. The van der Waals surface area contributed by atoms with Gasteiger partial charge in [-0.05, 0) is 75.7 Å². The number of allylic oxidation sites excluding steroid dienone is 4. The number of hydrogen-bond donors (Lipinski definition) is 2. The first-order chi connectivity index (χ1) is 15.7. The first-order valence-electron chi connectivity index (χ1n) is 11.4. The summed E-state index contributed by atoms with van der Waals surface area (Å²) in [4.78, 5) is 17.1. The minimum Gasteiger partial charge on any atom is -0.481 e. The number of nitrogens with one attached hydrogen (secondary N) is 2. The molecule has 0 aromatic carbocycles. The fourth-order valence-electron chi connectivity index (χ4n) is 3.88. The Morgan fingerprint density at radius 1 is 1.36 bits per heavy atom. The maximum atomic E-state index is 12.9. The number of carbonyl (C=O) groups is 1. The summed E-state index contributed by atoms with van der Waals surface area (Å²) in [6, 6.07) is 1.27. The number of rotatable bonds is 9. The van der Waals surface area contributed by atoms with Gasteiger partial charge in [-0.15, -0.1) is 0 Å². The highest BCUT2D eigenvalue weighted by Crippen LogP contribution is 2.35. The second-order valence-corrected chi connectivity index (χ2v) is 9.29. The molecular formula is C24H37N5O3S. The second kappa shape index (κ2) is 12.5. The van der Waals surface area contributed by atoms with Crippen LogP contribution >= 0.6 is 0 Å². The molecule has 1 aliphatic rings. The van der Waals surface area contributed by atoms with Crippen LogP contribution in [0.3, 0.4) is 0 Å². The van der Waals surface area contributed by atoms with E-state index in [1.807, 2.05) is 26.8 Å². The molecule has 2 amide bonds. The van der Waals surface area contributed by atoms with Crippen molar-refractivity contribution >= 4 is 22.9 Å². The Morgan fingerprint density at radius 2 is 2.09 bits per heavy atom. The van der Waals surface area contributed by atoms with E-state index in [9.17, 15) is 9.00 Å². The van der Waals surface area contributed by atoms with Crippen LogP contribution in [0.25, 0.3) is 0 Å². The molecule has 2 N–H and O–H groups in total. The third-order valence-electron chi connectivity index (χ3n) is 5.75. The predicted molar refractivity (Wildman–Crippen MR) is 133 cm³/mol. The Labute approximate surface area is 199 Å². The molecule has 0 spiro atoms. The Bertz CT molecular complexity index is 1000. The Hall–Kier alpha value is -2.68. The van der Waals surface area contributed by atoms with Gasteiger partial charge in [0.25, 0.3) is 0 Å². The molecule has 0 saturated carbocycles. The van der Waals surface area contributed by atoms with E-state index in [4.69, 9.17) is 4.74 Å². The van der Waals surface area contributed by atoms with Gasteiger partial charge in [0.2, 0.25) is 5.90 Å². The molecule has 1 unspecified atom stereocenters. The van der Waals surface area contributed by atoms with E-state index in [-0.39, 0.29) is 6.04 Å². The lowest BCUT2D eigenvalue weighted by molar-refractivity contribution is 0.248. The second-order valence-electron chi connectivity index (χ2n) is 8.13. The predicted octanol–water partition coefficient (Wildman–Crippen LogP) is 4.96. The van der Waals surface area contributed by atoms with Crippen molar-refractivity contribution in [2.24, 2.45) is 4.99 Å². The Balaban J connectivity index is 2.37. The van der Waals surface area contributed by atoms with Crippen molar-refractivity contribution in [3.05, 3.63) is 46.3 Å². The SMILES string of the molecule is CCC1=C(/C(NC(=O)NS(=O)c2ccn(C(C)C)n2)=C(C)/C(=C/C(=NC)OC)CC)CCC1. The topological polar surface area (TPSA) is 97.6 Å². The summed E-state index contributed by atoms with van der Waals surface area (Å²) < 4.78 is 22.3. The zero-order valence-electron chi connectivity index (χ0n) is 20.8. The summed E-state index contributed by atoms with van der Waals surface area (Å²) in [7, 11) is 1.50. The maximum absolute atomic E-state index is 12.9. The summed E-state index contributed by atoms with van der Waals surface area (Å²) in [6.45, 7) is 10.2. The summed E-state index contributed by atoms with van der Waals surface area (Å²) in [5.74, 6) is 0.521. The number of methoxy groups -OCH3 is 1. The highest BCUT2D eigenvalue weighted by atomic mass is 32.2. The molecular weight excluding hydrogens is 438 g/mol. The molecule has 0 saturated heterocycles. The fraction of sp³-hybridized carbons (Fsp3) is 0.542. The van der Waals surface area contributed by atoms with Crippen LogP contribution in [0.5, 0.6) is 0 Å². The van der Waals surface area contributed by atoms with Crippen molar-refractivity contribution in [3.63, 3.8) is 0 Å². The number of aliphatic imine (C=N–C) groups is 1. The molecule has 1 heterocycles. The van der Waals surface area contributed by atoms with Gasteiger partial charge in [-0.2, -0.15) is 5.10 Å². The number of hydrogen-bond acceptors (Lipinski definition) is 5. The highest BCUT2D eigenvalue weighted by molar-refractivity contribution is 7.83. The molecule has 0 fully saturated rings. The zero-order chi connectivity index (χ0) is 24.5. The summed E-state index contributed by atoms with van der Waals surface area (Å²) in [6.07, 6.45) is 8.30. The number of amides is 2. The third kappa shape index (κ3) is 6.90. The van der Waals surface area contributed by atoms with Gasteiger partial charge in [0, 0.05) is 31.1 Å². The lowest BCUT2D eigenvalue weighted by Gasteiger charge is -2.19. The van der Waals surface area contributed by atoms with Crippen molar-refractivity contribution in [2.45, 2.75) is 77.8 Å². The number of nitrogens with zero attached hydrogens (tertiary/aromatic N) is 3. The molecule has 0 radical (unpaired) electrons. The minimum atomic E-state index is -1.76. The molecule has 33 heavy (non-hydrogen) atoms. The van der Waals surface area contributed by atoms with Crippen LogP contribution in [-0.2, 0) is 15.7 Å².